The van der Waals surface area contributed by atoms with Crippen molar-refractivity contribution in [2.75, 3.05) is 11.9 Å². The van der Waals surface area contributed by atoms with Gasteiger partial charge in [0, 0.05) is 21.7 Å². The Kier molecular flexibility index (Phi) is 8.24. The second kappa shape index (κ2) is 10.4. The van der Waals surface area contributed by atoms with Crippen LogP contribution in [0.3, 0.4) is 0 Å². The zero-order valence-electron chi connectivity index (χ0n) is 17.1. The van der Waals surface area contributed by atoms with Crippen LogP contribution in [0.2, 0.25) is 5.02 Å². The van der Waals surface area contributed by atoms with Gasteiger partial charge in [-0.2, -0.15) is 0 Å². The van der Waals surface area contributed by atoms with Crippen molar-refractivity contribution in [1.29, 1.82) is 0 Å². The van der Waals surface area contributed by atoms with Crippen LogP contribution in [0.15, 0.2) is 52.6 Å². The van der Waals surface area contributed by atoms with Crippen LogP contribution < -0.4 is 10.8 Å². The largest absolute Gasteiger partial charge is 0.326 e. The maximum absolute atomic E-state index is 12.8. The van der Waals surface area contributed by atoms with Crippen molar-refractivity contribution in [1.82, 2.24) is 5.48 Å². The van der Waals surface area contributed by atoms with Gasteiger partial charge in [0.25, 0.3) is 5.91 Å². The zero-order chi connectivity index (χ0) is 23.6. The van der Waals surface area contributed by atoms with Crippen molar-refractivity contribution in [3.8, 4) is 0 Å². The number of hydrogen-bond donors (Lipinski definition) is 2. The number of alkyl halides is 2. The first kappa shape index (κ1) is 25.4. The minimum atomic E-state index is -1.34. The highest BCUT2D eigenvalue weighted by molar-refractivity contribution is 6.53. The third-order valence-electron chi connectivity index (χ3n) is 5.05. The van der Waals surface area contributed by atoms with Crippen molar-refractivity contribution in [3.63, 3.8) is 0 Å². The summed E-state index contributed by atoms with van der Waals surface area (Å²) in [5.41, 5.74) is 3.40. The fraction of sp³-hybridized carbons (Fsp3) is 0.364. The van der Waals surface area contributed by atoms with Gasteiger partial charge in [0.05, 0.1) is 23.1 Å². The Morgan fingerprint density at radius 3 is 2.53 bits per heavy atom. The van der Waals surface area contributed by atoms with Crippen LogP contribution in [0.5, 0.6) is 0 Å². The van der Waals surface area contributed by atoms with Crippen molar-refractivity contribution in [3.05, 3.63) is 63.2 Å². The minimum Gasteiger partial charge on any atom is -0.326 e. The first-order chi connectivity index (χ1) is 15.0. The van der Waals surface area contributed by atoms with E-state index in [1.54, 1.807) is 25.1 Å². The smallest absolute Gasteiger partial charge is 0.276 e. The Bertz CT molecular complexity index is 997. The van der Waals surface area contributed by atoms with E-state index >= 15 is 0 Å². The van der Waals surface area contributed by atoms with Crippen molar-refractivity contribution < 1.29 is 14.4 Å². The highest BCUT2D eigenvalue weighted by Gasteiger charge is 2.67. The molecule has 2 aliphatic rings. The van der Waals surface area contributed by atoms with Gasteiger partial charge in [0.2, 0.25) is 5.91 Å². The molecular formula is C22H21Cl5N2O3. The number of hydroxylamine groups is 1. The molecule has 10 heteroatoms. The number of amides is 2. The van der Waals surface area contributed by atoms with E-state index < -0.39 is 28.0 Å². The molecule has 2 unspecified atom stereocenters. The molecule has 5 nitrogen and oxygen atoms in total. The monoisotopic (exact) mass is 536 g/mol. The van der Waals surface area contributed by atoms with Crippen LogP contribution in [0.1, 0.15) is 30.1 Å². The summed E-state index contributed by atoms with van der Waals surface area (Å²) in [5, 5.41) is 3.78. The number of hydrogen-bond acceptors (Lipinski definition) is 3. The van der Waals surface area contributed by atoms with Crippen molar-refractivity contribution in [2.45, 2.75) is 24.1 Å². The molecule has 2 atom stereocenters. The van der Waals surface area contributed by atoms with E-state index in [4.69, 9.17) is 62.8 Å². The molecule has 0 radical (unpaired) electrons. The highest BCUT2D eigenvalue weighted by Crippen LogP contribution is 2.62. The molecule has 1 aromatic carbocycles. The maximum Gasteiger partial charge on any atom is 0.276 e. The second-order valence-electron chi connectivity index (χ2n) is 7.83. The predicted molar refractivity (Wildman–Crippen MR) is 130 cm³/mol. The van der Waals surface area contributed by atoms with Gasteiger partial charge in [-0.1, -0.05) is 41.4 Å². The Labute approximate surface area is 211 Å². The van der Waals surface area contributed by atoms with Crippen LogP contribution in [0.4, 0.5) is 5.69 Å². The number of benzene rings is 1. The number of anilines is 1. The SMILES string of the molecule is C=C(/C=C(Cl)\C=C(/C)Cl)C1C(C(=O)Nc2ccc(Cl)c(C(=O)NOCC3CC3)c2)C1(Cl)Cl. The Morgan fingerprint density at radius 1 is 1.22 bits per heavy atom. The van der Waals surface area contributed by atoms with Gasteiger partial charge in [0.15, 0.2) is 0 Å². The first-order valence-electron chi connectivity index (χ1n) is 9.81. The number of carbonyl (C=O) groups excluding carboxylic acids is 2. The predicted octanol–water partition coefficient (Wildman–Crippen LogP) is 6.59. The van der Waals surface area contributed by atoms with Crippen molar-refractivity contribution in [2.24, 2.45) is 17.8 Å². The number of halogens is 5. The lowest BCUT2D eigenvalue weighted by Crippen LogP contribution is -2.25. The van der Waals surface area contributed by atoms with E-state index in [9.17, 15) is 9.59 Å². The van der Waals surface area contributed by atoms with E-state index in [1.165, 1.54) is 12.1 Å². The standard InChI is InChI=1S/C22H21Cl5N2O3/c1-11(7-14(24)8-12(2)23)18-19(22(18,26)27)21(31)28-15-5-6-17(25)16(9-15)20(30)29-32-10-13-3-4-13/h5-9,13,18-19H,1,3-4,10H2,2H3,(H,28,31)(H,29,30)/b12-8+,14-7+. The lowest BCUT2D eigenvalue weighted by atomic mass is 10.1. The molecule has 2 N–H and O–H groups in total. The molecule has 0 aromatic heterocycles. The maximum atomic E-state index is 12.8. The fourth-order valence-electron chi connectivity index (χ4n) is 3.17. The van der Waals surface area contributed by atoms with Gasteiger partial charge in [-0.05, 0) is 61.6 Å². The number of nitrogens with one attached hydrogen (secondary N) is 2. The average molecular weight is 539 g/mol. The molecule has 172 valence electrons. The zero-order valence-corrected chi connectivity index (χ0v) is 20.8. The molecule has 2 amide bonds. The summed E-state index contributed by atoms with van der Waals surface area (Å²) in [6.07, 6.45) is 5.31. The number of rotatable bonds is 9. The van der Waals surface area contributed by atoms with Crippen LogP contribution in [-0.2, 0) is 9.63 Å². The van der Waals surface area contributed by atoms with Gasteiger partial charge >= 0.3 is 0 Å². The summed E-state index contributed by atoms with van der Waals surface area (Å²) in [6, 6.07) is 4.54. The molecule has 2 saturated carbocycles. The summed E-state index contributed by atoms with van der Waals surface area (Å²) < 4.78 is -1.34. The van der Waals surface area contributed by atoms with Crippen LogP contribution in [-0.4, -0.2) is 22.8 Å². The number of carbonyl (C=O) groups is 2. The molecule has 0 aliphatic heterocycles. The third-order valence-corrected chi connectivity index (χ3v) is 6.65. The lowest BCUT2D eigenvalue weighted by Gasteiger charge is -2.10. The molecule has 0 heterocycles. The summed E-state index contributed by atoms with van der Waals surface area (Å²) >= 11 is 30.7. The highest BCUT2D eigenvalue weighted by atomic mass is 35.5. The fourth-order valence-corrected chi connectivity index (χ4v) is 4.71. The van der Waals surface area contributed by atoms with Crippen LogP contribution >= 0.6 is 58.0 Å². The quantitative estimate of drug-likeness (QED) is 0.212. The molecule has 0 saturated heterocycles. The Morgan fingerprint density at radius 2 is 1.91 bits per heavy atom. The Hall–Kier alpha value is -1.21. The first-order valence-corrected chi connectivity index (χ1v) is 11.7. The number of allylic oxidation sites excluding steroid dienone is 5. The van der Waals surface area contributed by atoms with E-state index in [2.05, 4.69) is 17.4 Å². The molecule has 2 fully saturated rings. The van der Waals surface area contributed by atoms with Crippen LogP contribution in [0.25, 0.3) is 0 Å². The summed E-state index contributed by atoms with van der Waals surface area (Å²) in [4.78, 5) is 30.4. The molecule has 32 heavy (non-hydrogen) atoms. The van der Waals surface area contributed by atoms with E-state index in [-0.39, 0.29) is 10.6 Å². The molecular weight excluding hydrogens is 518 g/mol. The summed E-state index contributed by atoms with van der Waals surface area (Å²) in [5.74, 6) is -1.72. The molecule has 0 spiro atoms. The second-order valence-corrected chi connectivity index (χ2v) is 10.7. The molecule has 3 rings (SSSR count). The van der Waals surface area contributed by atoms with Gasteiger partial charge in [0.1, 0.15) is 4.33 Å². The summed E-state index contributed by atoms with van der Waals surface area (Å²) in [6.45, 7) is 6.07. The van der Waals surface area contributed by atoms with Gasteiger partial charge in [-0.25, -0.2) is 5.48 Å². The van der Waals surface area contributed by atoms with E-state index in [0.717, 1.165) is 12.8 Å². The van der Waals surface area contributed by atoms with Crippen molar-refractivity contribution >= 4 is 75.5 Å². The Balaban J connectivity index is 1.65. The average Bonchev–Trinajstić information content (AvgIpc) is 3.58. The molecule has 1 aromatic rings. The van der Waals surface area contributed by atoms with E-state index in [1.807, 2.05) is 0 Å². The third kappa shape index (κ3) is 6.43. The van der Waals surface area contributed by atoms with Gasteiger partial charge in [-0.3, -0.25) is 14.4 Å². The minimum absolute atomic E-state index is 0.165. The molecule has 2 aliphatic carbocycles. The summed E-state index contributed by atoms with van der Waals surface area (Å²) in [7, 11) is 0. The van der Waals surface area contributed by atoms with Gasteiger partial charge < -0.3 is 5.32 Å². The van der Waals surface area contributed by atoms with Crippen LogP contribution in [0, 0.1) is 17.8 Å². The van der Waals surface area contributed by atoms with E-state index in [0.29, 0.717) is 33.8 Å². The topological polar surface area (TPSA) is 67.4 Å². The molecule has 0 bridgehead atoms. The normalized spacial score (nSPS) is 22.3. The van der Waals surface area contributed by atoms with Gasteiger partial charge in [-0.15, -0.1) is 23.2 Å². The lowest BCUT2D eigenvalue weighted by molar-refractivity contribution is -0.117.